The van der Waals surface area contributed by atoms with Gasteiger partial charge >= 0.3 is 16.2 Å². The molecule has 114 valence electrons. The number of nitrogens with zero attached hydrogens (tertiary/aromatic N) is 1. The minimum Gasteiger partial charge on any atom is -0.478 e. The van der Waals surface area contributed by atoms with Crippen molar-refractivity contribution < 1.29 is 22.7 Å². The van der Waals surface area contributed by atoms with Crippen LogP contribution in [-0.4, -0.2) is 36.9 Å². The highest BCUT2D eigenvalue weighted by Gasteiger charge is 2.24. The first kappa shape index (κ1) is 15.5. The van der Waals surface area contributed by atoms with Crippen molar-refractivity contribution in [3.8, 4) is 0 Å². The van der Waals surface area contributed by atoms with Crippen LogP contribution in [-0.2, 0) is 10.2 Å². The van der Waals surface area contributed by atoms with E-state index in [-0.39, 0.29) is 23.4 Å². The van der Waals surface area contributed by atoms with Crippen molar-refractivity contribution in [2.75, 3.05) is 17.8 Å². The Bertz CT molecular complexity index is 700. The fourth-order valence-electron chi connectivity index (χ4n) is 2.02. The molecule has 2 N–H and O–H groups in total. The standard InChI is InChI=1S/C13H15FN2O4S/c1-9-7-11(14)12(8-10(9)13(17)18)15-21(19,20)16-5-3-2-4-6-16/h2-3,7-8,15H,4-6H2,1H3,(H,17,18). The molecular weight excluding hydrogens is 299 g/mol. The Morgan fingerprint density at radius 3 is 2.67 bits per heavy atom. The molecule has 0 radical (unpaired) electrons. The minimum atomic E-state index is -3.92. The number of hydrogen-bond acceptors (Lipinski definition) is 3. The number of hydrogen-bond donors (Lipinski definition) is 2. The lowest BCUT2D eigenvalue weighted by atomic mass is 10.1. The molecule has 0 saturated carbocycles. The molecule has 8 heteroatoms. The largest absolute Gasteiger partial charge is 0.478 e. The number of halogens is 1. The van der Waals surface area contributed by atoms with E-state index in [0.717, 1.165) is 16.4 Å². The van der Waals surface area contributed by atoms with Crippen molar-refractivity contribution in [3.63, 3.8) is 0 Å². The normalized spacial score (nSPS) is 15.9. The van der Waals surface area contributed by atoms with Gasteiger partial charge in [-0.2, -0.15) is 12.7 Å². The molecular formula is C13H15FN2O4S. The quantitative estimate of drug-likeness (QED) is 0.829. The third-order valence-corrected chi connectivity index (χ3v) is 4.63. The Kier molecular flexibility index (Phi) is 4.29. The molecule has 0 fully saturated rings. The number of carboxylic acids is 1. The van der Waals surface area contributed by atoms with Crippen LogP contribution >= 0.6 is 0 Å². The number of carbonyl (C=O) groups is 1. The van der Waals surface area contributed by atoms with Gasteiger partial charge in [0.05, 0.1) is 11.3 Å². The van der Waals surface area contributed by atoms with Crippen LogP contribution in [0.5, 0.6) is 0 Å². The van der Waals surface area contributed by atoms with Gasteiger partial charge in [0.15, 0.2) is 0 Å². The smallest absolute Gasteiger partial charge is 0.336 e. The van der Waals surface area contributed by atoms with Crippen LogP contribution in [0.3, 0.4) is 0 Å². The SMILES string of the molecule is Cc1cc(F)c(NS(=O)(=O)N2CC=CCC2)cc1C(=O)O. The van der Waals surface area contributed by atoms with Gasteiger partial charge in [0, 0.05) is 13.1 Å². The van der Waals surface area contributed by atoms with Gasteiger partial charge in [-0.15, -0.1) is 0 Å². The Morgan fingerprint density at radius 2 is 2.10 bits per heavy atom. The molecule has 0 aromatic heterocycles. The van der Waals surface area contributed by atoms with Gasteiger partial charge in [-0.3, -0.25) is 4.72 Å². The first-order valence-corrected chi connectivity index (χ1v) is 7.71. The van der Waals surface area contributed by atoms with Gasteiger partial charge in [-0.25, -0.2) is 9.18 Å². The van der Waals surface area contributed by atoms with Gasteiger partial charge in [0.2, 0.25) is 0 Å². The molecule has 0 amide bonds. The van der Waals surface area contributed by atoms with Gasteiger partial charge in [-0.1, -0.05) is 12.2 Å². The molecule has 6 nitrogen and oxygen atoms in total. The summed E-state index contributed by atoms with van der Waals surface area (Å²) in [6.45, 7) is 1.94. The summed E-state index contributed by atoms with van der Waals surface area (Å²) in [5.74, 6) is -2.05. The van der Waals surface area contributed by atoms with E-state index < -0.39 is 22.0 Å². The third kappa shape index (κ3) is 3.40. The maximum Gasteiger partial charge on any atom is 0.336 e. The molecule has 1 aliphatic rings. The predicted octanol–water partition coefficient (Wildman–Crippen LogP) is 1.75. The lowest BCUT2D eigenvalue weighted by Crippen LogP contribution is -2.38. The van der Waals surface area contributed by atoms with Gasteiger partial charge in [0.1, 0.15) is 5.82 Å². The number of benzene rings is 1. The summed E-state index contributed by atoms with van der Waals surface area (Å²) in [7, 11) is -3.92. The third-order valence-electron chi connectivity index (χ3n) is 3.14. The summed E-state index contributed by atoms with van der Waals surface area (Å²) in [6, 6.07) is 1.99. The second kappa shape index (κ2) is 5.82. The number of rotatable bonds is 4. The molecule has 1 aromatic rings. The summed E-state index contributed by atoms with van der Waals surface area (Å²) in [5.41, 5.74) is -0.288. The van der Waals surface area contributed by atoms with Crippen molar-refractivity contribution >= 4 is 21.9 Å². The topological polar surface area (TPSA) is 86.7 Å². The van der Waals surface area contributed by atoms with Crippen LogP contribution in [0.25, 0.3) is 0 Å². The molecule has 1 aliphatic heterocycles. The highest BCUT2D eigenvalue weighted by Crippen LogP contribution is 2.22. The summed E-state index contributed by atoms with van der Waals surface area (Å²) in [6.07, 6.45) is 4.15. The molecule has 21 heavy (non-hydrogen) atoms. The lowest BCUT2D eigenvalue weighted by Gasteiger charge is -2.23. The van der Waals surface area contributed by atoms with Gasteiger partial charge in [0.25, 0.3) is 0 Å². The van der Waals surface area contributed by atoms with Crippen molar-refractivity contribution in [3.05, 3.63) is 41.2 Å². The van der Waals surface area contributed by atoms with Crippen LogP contribution in [0.4, 0.5) is 10.1 Å². The first-order chi connectivity index (χ1) is 9.81. The van der Waals surface area contributed by atoms with Crippen molar-refractivity contribution in [1.82, 2.24) is 4.31 Å². The molecule has 0 bridgehead atoms. The van der Waals surface area contributed by atoms with E-state index in [9.17, 15) is 17.6 Å². The van der Waals surface area contributed by atoms with Gasteiger partial charge in [-0.05, 0) is 31.0 Å². The summed E-state index contributed by atoms with van der Waals surface area (Å²) < 4.78 is 41.4. The van der Waals surface area contributed by atoms with E-state index in [1.807, 2.05) is 6.08 Å². The van der Waals surface area contributed by atoms with Crippen LogP contribution in [0, 0.1) is 12.7 Å². The number of nitrogens with one attached hydrogen (secondary N) is 1. The maximum atomic E-state index is 13.8. The Morgan fingerprint density at radius 1 is 1.38 bits per heavy atom. The summed E-state index contributed by atoms with van der Waals surface area (Å²) >= 11 is 0. The monoisotopic (exact) mass is 314 g/mol. The molecule has 2 rings (SSSR count). The van der Waals surface area contributed by atoms with Crippen molar-refractivity contribution in [1.29, 1.82) is 0 Å². The molecule has 0 spiro atoms. The van der Waals surface area contributed by atoms with Crippen LogP contribution in [0.1, 0.15) is 22.3 Å². The number of aryl methyl sites for hydroxylation is 1. The van der Waals surface area contributed by atoms with Crippen molar-refractivity contribution in [2.24, 2.45) is 0 Å². The summed E-state index contributed by atoms with van der Waals surface area (Å²) in [5, 5.41) is 9.01. The molecule has 1 heterocycles. The molecule has 1 aromatic carbocycles. The predicted molar refractivity (Wildman–Crippen MR) is 76.0 cm³/mol. The average molecular weight is 314 g/mol. The minimum absolute atomic E-state index is 0.146. The van der Waals surface area contributed by atoms with E-state index in [1.165, 1.54) is 6.92 Å². The molecule has 0 aliphatic carbocycles. The second-order valence-corrected chi connectivity index (χ2v) is 6.35. The summed E-state index contributed by atoms with van der Waals surface area (Å²) in [4.78, 5) is 11.0. The Labute approximate surface area is 122 Å². The van der Waals surface area contributed by atoms with Crippen LogP contribution < -0.4 is 4.72 Å². The van der Waals surface area contributed by atoms with E-state index >= 15 is 0 Å². The number of carboxylic acid groups (broad SMARTS) is 1. The van der Waals surface area contributed by atoms with E-state index in [4.69, 9.17) is 5.11 Å². The van der Waals surface area contributed by atoms with Crippen molar-refractivity contribution in [2.45, 2.75) is 13.3 Å². The van der Waals surface area contributed by atoms with Gasteiger partial charge < -0.3 is 5.11 Å². The van der Waals surface area contributed by atoms with E-state index in [1.54, 1.807) is 6.08 Å². The number of anilines is 1. The average Bonchev–Trinajstić information content (AvgIpc) is 2.42. The second-order valence-electron chi connectivity index (χ2n) is 4.68. The molecule has 0 saturated heterocycles. The zero-order valence-electron chi connectivity index (χ0n) is 11.3. The first-order valence-electron chi connectivity index (χ1n) is 6.27. The molecule has 0 atom stereocenters. The Hall–Kier alpha value is -1.93. The van der Waals surface area contributed by atoms with E-state index in [2.05, 4.69) is 4.72 Å². The maximum absolute atomic E-state index is 13.8. The highest BCUT2D eigenvalue weighted by atomic mass is 32.2. The highest BCUT2D eigenvalue weighted by molar-refractivity contribution is 7.90. The Balaban J connectivity index is 2.32. The van der Waals surface area contributed by atoms with E-state index in [0.29, 0.717) is 13.0 Å². The number of aromatic carboxylic acids is 1. The zero-order chi connectivity index (χ0) is 15.6. The fourth-order valence-corrected chi connectivity index (χ4v) is 3.21. The zero-order valence-corrected chi connectivity index (χ0v) is 12.2. The van der Waals surface area contributed by atoms with Crippen LogP contribution in [0.15, 0.2) is 24.3 Å². The fraction of sp³-hybridized carbons (Fsp3) is 0.308. The lowest BCUT2D eigenvalue weighted by molar-refractivity contribution is 0.0696. The van der Waals surface area contributed by atoms with Crippen LogP contribution in [0.2, 0.25) is 0 Å². The molecule has 0 unspecified atom stereocenters.